The molecule has 1 unspecified atom stereocenters. The monoisotopic (exact) mass is 419 g/mol. The molecule has 1 atom stereocenters. The summed E-state index contributed by atoms with van der Waals surface area (Å²) in [5.74, 6) is -1.61. The SMILES string of the molecule is CCNC(=O)NC(=O)C(C)OC(=O)c1ccc(S(=O)(=O)Nc2ccccc2)cc1. The summed E-state index contributed by atoms with van der Waals surface area (Å²) >= 11 is 0. The number of carbonyl (C=O) groups excluding carboxylic acids is 3. The van der Waals surface area contributed by atoms with E-state index in [0.29, 0.717) is 12.2 Å². The van der Waals surface area contributed by atoms with Crippen LogP contribution in [0.1, 0.15) is 24.2 Å². The summed E-state index contributed by atoms with van der Waals surface area (Å²) < 4.78 is 32.2. The molecule has 2 rings (SSSR count). The average molecular weight is 419 g/mol. The van der Waals surface area contributed by atoms with Gasteiger partial charge in [-0.15, -0.1) is 0 Å². The van der Waals surface area contributed by atoms with Gasteiger partial charge in [0.2, 0.25) is 0 Å². The summed E-state index contributed by atoms with van der Waals surface area (Å²) in [6, 6.07) is 12.7. The van der Waals surface area contributed by atoms with Crippen molar-refractivity contribution in [3.05, 3.63) is 60.2 Å². The first-order valence-corrected chi connectivity index (χ1v) is 10.2. The molecule has 0 aliphatic rings. The minimum atomic E-state index is -3.82. The van der Waals surface area contributed by atoms with Gasteiger partial charge in [-0.25, -0.2) is 18.0 Å². The number of carbonyl (C=O) groups is 3. The first kappa shape index (κ1) is 21.9. The molecule has 0 bridgehead atoms. The highest BCUT2D eigenvalue weighted by molar-refractivity contribution is 7.92. The molecule has 0 saturated heterocycles. The molecule has 2 aromatic rings. The minimum absolute atomic E-state index is 0.0417. The summed E-state index contributed by atoms with van der Waals surface area (Å²) in [4.78, 5) is 35.3. The Bertz CT molecular complexity index is 975. The van der Waals surface area contributed by atoms with Crippen LogP contribution in [0.4, 0.5) is 10.5 Å². The summed E-state index contributed by atoms with van der Waals surface area (Å²) in [7, 11) is -3.82. The Morgan fingerprint density at radius 3 is 2.21 bits per heavy atom. The number of sulfonamides is 1. The molecule has 0 fully saturated rings. The lowest BCUT2D eigenvalue weighted by Crippen LogP contribution is -2.44. The quantitative estimate of drug-likeness (QED) is 0.588. The Labute approximate surface area is 168 Å². The summed E-state index contributed by atoms with van der Waals surface area (Å²) in [5, 5.41) is 4.42. The van der Waals surface area contributed by atoms with Gasteiger partial charge in [0.1, 0.15) is 0 Å². The third kappa shape index (κ3) is 6.32. The molecule has 29 heavy (non-hydrogen) atoms. The van der Waals surface area contributed by atoms with Crippen molar-refractivity contribution in [1.82, 2.24) is 10.6 Å². The van der Waals surface area contributed by atoms with Crippen molar-refractivity contribution in [2.75, 3.05) is 11.3 Å². The third-order valence-corrected chi connectivity index (χ3v) is 5.05. The molecule has 9 nitrogen and oxygen atoms in total. The van der Waals surface area contributed by atoms with Crippen LogP contribution < -0.4 is 15.4 Å². The zero-order chi connectivity index (χ0) is 21.4. The van der Waals surface area contributed by atoms with Crippen molar-refractivity contribution in [1.29, 1.82) is 0 Å². The van der Waals surface area contributed by atoms with Crippen LogP contribution in [-0.2, 0) is 19.6 Å². The van der Waals surface area contributed by atoms with Crippen molar-refractivity contribution < 1.29 is 27.5 Å². The largest absolute Gasteiger partial charge is 0.449 e. The lowest BCUT2D eigenvalue weighted by Gasteiger charge is -2.13. The van der Waals surface area contributed by atoms with E-state index >= 15 is 0 Å². The summed E-state index contributed by atoms with van der Waals surface area (Å²) in [5.41, 5.74) is 0.462. The second-order valence-corrected chi connectivity index (χ2v) is 7.57. The number of ether oxygens (including phenoxy) is 1. The highest BCUT2D eigenvalue weighted by Gasteiger charge is 2.21. The van der Waals surface area contributed by atoms with E-state index in [9.17, 15) is 22.8 Å². The second-order valence-electron chi connectivity index (χ2n) is 5.89. The molecule has 3 N–H and O–H groups in total. The predicted octanol–water partition coefficient (Wildman–Crippen LogP) is 1.88. The second kappa shape index (κ2) is 9.69. The normalized spacial score (nSPS) is 11.8. The Morgan fingerprint density at radius 1 is 1.00 bits per heavy atom. The fraction of sp³-hybridized carbons (Fsp3) is 0.211. The topological polar surface area (TPSA) is 131 Å². The average Bonchev–Trinajstić information content (AvgIpc) is 2.68. The predicted molar refractivity (Wildman–Crippen MR) is 106 cm³/mol. The van der Waals surface area contributed by atoms with Crippen LogP contribution in [0, 0.1) is 0 Å². The minimum Gasteiger partial charge on any atom is -0.449 e. The number of urea groups is 1. The van der Waals surface area contributed by atoms with Crippen molar-refractivity contribution >= 4 is 33.6 Å². The smallest absolute Gasteiger partial charge is 0.338 e. The van der Waals surface area contributed by atoms with Crippen molar-refractivity contribution in [2.45, 2.75) is 24.8 Å². The van der Waals surface area contributed by atoms with E-state index in [1.165, 1.54) is 31.2 Å². The Balaban J connectivity index is 2.01. The number of imide groups is 1. The Hall–Kier alpha value is -3.40. The van der Waals surface area contributed by atoms with Crippen LogP contribution in [0.3, 0.4) is 0 Å². The van der Waals surface area contributed by atoms with Gasteiger partial charge in [-0.1, -0.05) is 18.2 Å². The Morgan fingerprint density at radius 2 is 1.62 bits per heavy atom. The van der Waals surface area contributed by atoms with E-state index in [-0.39, 0.29) is 10.5 Å². The van der Waals surface area contributed by atoms with E-state index in [1.54, 1.807) is 37.3 Å². The molecule has 10 heteroatoms. The molecule has 154 valence electrons. The van der Waals surface area contributed by atoms with Gasteiger partial charge in [0.05, 0.1) is 10.5 Å². The molecule has 3 amide bonds. The number of hydrogen-bond donors (Lipinski definition) is 3. The first-order valence-electron chi connectivity index (χ1n) is 8.70. The van der Waals surface area contributed by atoms with Crippen LogP contribution in [0.25, 0.3) is 0 Å². The maximum atomic E-state index is 12.4. The van der Waals surface area contributed by atoms with Gasteiger partial charge in [-0.2, -0.15) is 0 Å². The molecule has 2 aromatic carbocycles. The van der Waals surface area contributed by atoms with Crippen LogP contribution >= 0.6 is 0 Å². The van der Waals surface area contributed by atoms with E-state index in [4.69, 9.17) is 4.74 Å². The number of para-hydroxylation sites is 1. The van der Waals surface area contributed by atoms with Gasteiger partial charge in [0, 0.05) is 12.2 Å². The third-order valence-electron chi connectivity index (χ3n) is 3.65. The van der Waals surface area contributed by atoms with Crippen LogP contribution in [0.2, 0.25) is 0 Å². The number of esters is 1. The number of anilines is 1. The fourth-order valence-corrected chi connectivity index (χ4v) is 3.25. The van der Waals surface area contributed by atoms with Gasteiger partial charge < -0.3 is 10.1 Å². The van der Waals surface area contributed by atoms with Crippen molar-refractivity contribution in [2.24, 2.45) is 0 Å². The fourth-order valence-electron chi connectivity index (χ4n) is 2.19. The van der Waals surface area contributed by atoms with E-state index < -0.39 is 34.0 Å². The first-order chi connectivity index (χ1) is 13.7. The summed E-state index contributed by atoms with van der Waals surface area (Å²) in [6.45, 7) is 3.34. The number of hydrogen-bond acceptors (Lipinski definition) is 6. The number of rotatable bonds is 7. The molecule has 0 aliphatic carbocycles. The number of amides is 3. The maximum Gasteiger partial charge on any atom is 0.338 e. The molecule has 0 aliphatic heterocycles. The molecule has 0 aromatic heterocycles. The van der Waals surface area contributed by atoms with Gasteiger partial charge >= 0.3 is 12.0 Å². The van der Waals surface area contributed by atoms with Crippen LogP contribution in [-0.4, -0.2) is 39.0 Å². The zero-order valence-electron chi connectivity index (χ0n) is 15.8. The number of nitrogens with one attached hydrogen (secondary N) is 3. The molecular weight excluding hydrogens is 398 g/mol. The highest BCUT2D eigenvalue weighted by Crippen LogP contribution is 2.17. The Kier molecular flexibility index (Phi) is 7.32. The highest BCUT2D eigenvalue weighted by atomic mass is 32.2. The molecular formula is C19H21N3O6S. The molecule has 0 spiro atoms. The standard InChI is InChI=1S/C19H21N3O6S/c1-3-20-19(25)21-17(23)13(2)28-18(24)14-9-11-16(12-10-14)29(26,27)22-15-7-5-4-6-8-15/h4-13,22H,3H2,1-2H3,(H2,20,21,23,25). The maximum absolute atomic E-state index is 12.4. The lowest BCUT2D eigenvalue weighted by molar-refractivity contribution is -0.127. The van der Waals surface area contributed by atoms with Gasteiger partial charge in [0.15, 0.2) is 6.10 Å². The van der Waals surface area contributed by atoms with Crippen LogP contribution in [0.5, 0.6) is 0 Å². The molecule has 0 heterocycles. The van der Waals surface area contributed by atoms with Gasteiger partial charge in [-0.05, 0) is 50.2 Å². The van der Waals surface area contributed by atoms with Crippen molar-refractivity contribution in [3.63, 3.8) is 0 Å². The van der Waals surface area contributed by atoms with E-state index in [2.05, 4.69) is 10.0 Å². The lowest BCUT2D eigenvalue weighted by atomic mass is 10.2. The van der Waals surface area contributed by atoms with Gasteiger partial charge in [-0.3, -0.25) is 14.8 Å². The number of benzene rings is 2. The van der Waals surface area contributed by atoms with Crippen LogP contribution in [0.15, 0.2) is 59.5 Å². The van der Waals surface area contributed by atoms with Gasteiger partial charge in [0.25, 0.3) is 15.9 Å². The zero-order valence-corrected chi connectivity index (χ0v) is 16.7. The van der Waals surface area contributed by atoms with Crippen molar-refractivity contribution in [3.8, 4) is 0 Å². The van der Waals surface area contributed by atoms with E-state index in [1.807, 2.05) is 5.32 Å². The molecule has 0 saturated carbocycles. The molecule has 0 radical (unpaired) electrons. The van der Waals surface area contributed by atoms with E-state index in [0.717, 1.165) is 0 Å². The summed E-state index contributed by atoms with van der Waals surface area (Å²) in [6.07, 6.45) is -1.21.